The molecular weight excluding hydrogens is 344 g/mol. The van der Waals surface area contributed by atoms with Crippen LogP contribution in [0.3, 0.4) is 0 Å². The Hall–Kier alpha value is -1.66. The maximum absolute atomic E-state index is 12.8. The molecule has 3 rings (SSSR count). The Kier molecular flexibility index (Phi) is 5.68. The number of carbonyl (C=O) groups is 1. The van der Waals surface area contributed by atoms with E-state index in [9.17, 15) is 4.79 Å². The molecule has 24 heavy (non-hydrogen) atoms. The summed E-state index contributed by atoms with van der Waals surface area (Å²) < 4.78 is 0. The highest BCUT2D eigenvalue weighted by Crippen LogP contribution is 2.24. The van der Waals surface area contributed by atoms with Crippen LogP contribution in [0.5, 0.6) is 0 Å². The fraction of sp³-hybridized carbons (Fsp3) is 0.471. The Morgan fingerprint density at radius 3 is 2.83 bits per heavy atom. The summed E-state index contributed by atoms with van der Waals surface area (Å²) in [6.45, 7) is 4.64. The molecule has 0 aromatic carbocycles. The number of halogens is 1. The van der Waals surface area contributed by atoms with Gasteiger partial charge in [0.25, 0.3) is 5.91 Å². The van der Waals surface area contributed by atoms with Crippen LogP contribution in [0, 0.1) is 0 Å². The van der Waals surface area contributed by atoms with E-state index in [0.29, 0.717) is 5.15 Å². The van der Waals surface area contributed by atoms with E-state index in [0.717, 1.165) is 49.6 Å². The topological polar surface area (TPSA) is 49.3 Å². The molecule has 0 unspecified atom stereocenters. The third-order valence-electron chi connectivity index (χ3n) is 4.28. The van der Waals surface area contributed by atoms with E-state index in [-0.39, 0.29) is 11.9 Å². The van der Waals surface area contributed by atoms with Crippen molar-refractivity contribution in [3.8, 4) is 0 Å². The summed E-state index contributed by atoms with van der Waals surface area (Å²) in [5.74, 6) is 0.973. The normalized spacial score (nSPS) is 15.5. The summed E-state index contributed by atoms with van der Waals surface area (Å²) in [5, 5.41) is 2.37. The number of rotatable bonds is 5. The van der Waals surface area contributed by atoms with E-state index in [2.05, 4.69) is 21.8 Å². The Morgan fingerprint density at radius 1 is 1.42 bits per heavy atom. The van der Waals surface area contributed by atoms with Crippen LogP contribution in [-0.2, 0) is 0 Å². The first kappa shape index (κ1) is 17.2. The molecule has 1 aliphatic heterocycles. The van der Waals surface area contributed by atoms with Crippen LogP contribution in [0.4, 0.5) is 5.82 Å². The quantitative estimate of drug-likeness (QED) is 0.811. The van der Waals surface area contributed by atoms with Gasteiger partial charge in [-0.05, 0) is 30.7 Å². The maximum Gasteiger partial charge on any atom is 0.264 e. The largest absolute Gasteiger partial charge is 0.355 e. The molecule has 5 nitrogen and oxygen atoms in total. The molecule has 1 fully saturated rings. The molecule has 0 atom stereocenters. The van der Waals surface area contributed by atoms with Gasteiger partial charge in [-0.1, -0.05) is 24.6 Å². The van der Waals surface area contributed by atoms with E-state index in [1.165, 1.54) is 11.3 Å². The van der Waals surface area contributed by atoms with Crippen molar-refractivity contribution in [1.82, 2.24) is 14.9 Å². The van der Waals surface area contributed by atoms with E-state index in [4.69, 9.17) is 11.6 Å². The second-order valence-electron chi connectivity index (χ2n) is 5.89. The molecular formula is C17H21ClN4OS. The summed E-state index contributed by atoms with van der Waals surface area (Å²) in [4.78, 5) is 26.3. The minimum atomic E-state index is 0.160. The lowest BCUT2D eigenvalue weighted by molar-refractivity contribution is 0.0655. The first-order valence-corrected chi connectivity index (χ1v) is 9.51. The Morgan fingerprint density at radius 2 is 2.21 bits per heavy atom. The molecule has 0 bridgehead atoms. The van der Waals surface area contributed by atoms with Crippen molar-refractivity contribution < 1.29 is 4.79 Å². The molecule has 2 aromatic heterocycles. The number of carbonyl (C=O) groups excluding carboxylic acids is 1. The molecule has 128 valence electrons. The monoisotopic (exact) mass is 364 g/mol. The van der Waals surface area contributed by atoms with E-state index < -0.39 is 0 Å². The minimum absolute atomic E-state index is 0.160. The van der Waals surface area contributed by atoms with Gasteiger partial charge in [-0.2, -0.15) is 0 Å². The average molecular weight is 365 g/mol. The molecule has 0 aliphatic carbocycles. The first-order valence-electron chi connectivity index (χ1n) is 8.26. The van der Waals surface area contributed by atoms with Crippen LogP contribution in [0.15, 0.2) is 29.9 Å². The zero-order chi connectivity index (χ0) is 16.9. The van der Waals surface area contributed by atoms with Crippen LogP contribution < -0.4 is 4.90 Å². The van der Waals surface area contributed by atoms with Crippen LogP contribution in [0.1, 0.15) is 35.9 Å². The third kappa shape index (κ3) is 3.87. The highest BCUT2D eigenvalue weighted by molar-refractivity contribution is 7.12. The van der Waals surface area contributed by atoms with Gasteiger partial charge in [0, 0.05) is 25.7 Å². The number of anilines is 1. The van der Waals surface area contributed by atoms with Gasteiger partial charge in [0.05, 0.1) is 17.3 Å². The van der Waals surface area contributed by atoms with Gasteiger partial charge in [-0.25, -0.2) is 4.98 Å². The smallest absolute Gasteiger partial charge is 0.264 e. The van der Waals surface area contributed by atoms with Crippen LogP contribution in [0.2, 0.25) is 5.15 Å². The van der Waals surface area contributed by atoms with Gasteiger partial charge in [0.15, 0.2) is 0 Å². The fourth-order valence-electron chi connectivity index (χ4n) is 3.12. The summed E-state index contributed by atoms with van der Waals surface area (Å²) >= 11 is 7.44. The van der Waals surface area contributed by atoms with Crippen LogP contribution >= 0.6 is 22.9 Å². The Labute approximate surface area is 151 Å². The fourth-order valence-corrected chi connectivity index (χ4v) is 3.95. The lowest BCUT2D eigenvalue weighted by atomic mass is 10.0. The van der Waals surface area contributed by atoms with Gasteiger partial charge in [0.1, 0.15) is 11.0 Å². The van der Waals surface area contributed by atoms with E-state index in [1.54, 1.807) is 12.4 Å². The average Bonchev–Trinajstić information content (AvgIpc) is 3.14. The van der Waals surface area contributed by atoms with Crippen molar-refractivity contribution in [3.05, 3.63) is 39.9 Å². The van der Waals surface area contributed by atoms with Gasteiger partial charge in [0.2, 0.25) is 0 Å². The SMILES string of the molecule is CCCN(C(=O)c1cccs1)C1CCN(c2cncc(Cl)n2)CC1. The van der Waals surface area contributed by atoms with E-state index in [1.807, 2.05) is 22.4 Å². The highest BCUT2D eigenvalue weighted by atomic mass is 35.5. The van der Waals surface area contributed by atoms with Gasteiger partial charge in [-0.15, -0.1) is 11.3 Å². The zero-order valence-electron chi connectivity index (χ0n) is 13.7. The second-order valence-corrected chi connectivity index (χ2v) is 7.23. The molecule has 7 heteroatoms. The van der Waals surface area contributed by atoms with Crippen molar-refractivity contribution in [3.63, 3.8) is 0 Å². The molecule has 0 spiro atoms. The molecule has 0 saturated carbocycles. The number of amides is 1. The molecule has 1 saturated heterocycles. The van der Waals surface area contributed by atoms with E-state index >= 15 is 0 Å². The van der Waals surface area contributed by atoms with Crippen molar-refractivity contribution >= 4 is 34.7 Å². The zero-order valence-corrected chi connectivity index (χ0v) is 15.3. The predicted octanol–water partition coefficient (Wildman–Crippen LogP) is 3.71. The first-order chi connectivity index (χ1) is 11.7. The lowest BCUT2D eigenvalue weighted by Gasteiger charge is -2.38. The van der Waals surface area contributed by atoms with Crippen molar-refractivity contribution in [2.24, 2.45) is 0 Å². The summed E-state index contributed by atoms with van der Waals surface area (Å²) in [7, 11) is 0. The number of thiophene rings is 1. The molecule has 0 N–H and O–H groups in total. The van der Waals surface area contributed by atoms with Gasteiger partial charge in [-0.3, -0.25) is 9.78 Å². The summed E-state index contributed by atoms with van der Waals surface area (Å²) in [6.07, 6.45) is 6.13. The predicted molar refractivity (Wildman–Crippen MR) is 97.9 cm³/mol. The molecule has 1 aliphatic rings. The van der Waals surface area contributed by atoms with Crippen molar-refractivity contribution in [2.75, 3.05) is 24.5 Å². The molecule has 3 heterocycles. The van der Waals surface area contributed by atoms with Crippen molar-refractivity contribution in [2.45, 2.75) is 32.2 Å². The lowest BCUT2D eigenvalue weighted by Crippen LogP contribution is -2.47. The number of hydrogen-bond donors (Lipinski definition) is 0. The number of piperidine rings is 1. The number of aromatic nitrogens is 2. The molecule has 0 radical (unpaired) electrons. The third-order valence-corrected chi connectivity index (χ3v) is 5.32. The summed E-state index contributed by atoms with van der Waals surface area (Å²) in [5.41, 5.74) is 0. The van der Waals surface area contributed by atoms with Crippen LogP contribution in [-0.4, -0.2) is 46.5 Å². The maximum atomic E-state index is 12.8. The highest BCUT2D eigenvalue weighted by Gasteiger charge is 2.29. The second kappa shape index (κ2) is 7.94. The van der Waals surface area contributed by atoms with Crippen molar-refractivity contribution in [1.29, 1.82) is 0 Å². The van der Waals surface area contributed by atoms with Gasteiger partial charge >= 0.3 is 0 Å². The van der Waals surface area contributed by atoms with Crippen LogP contribution in [0.25, 0.3) is 0 Å². The molecule has 2 aromatic rings. The Bertz CT molecular complexity index is 671. The summed E-state index contributed by atoms with van der Waals surface area (Å²) in [6, 6.07) is 4.12. The number of nitrogens with zero attached hydrogens (tertiary/aromatic N) is 4. The standard InChI is InChI=1S/C17H21ClN4OS/c1-2-7-22(17(23)14-4-3-10-24-14)13-5-8-21(9-6-13)16-12-19-11-15(18)20-16/h3-4,10-13H,2,5-9H2,1H3. The minimum Gasteiger partial charge on any atom is -0.355 e. The number of hydrogen-bond acceptors (Lipinski definition) is 5. The Balaban J connectivity index is 1.66. The molecule has 1 amide bonds. The van der Waals surface area contributed by atoms with Gasteiger partial charge < -0.3 is 9.80 Å².